The molecule has 0 bridgehead atoms. The molecule has 0 aromatic rings. The Hall–Kier alpha value is -2.98. The third-order valence-electron chi connectivity index (χ3n) is 8.15. The fraction of sp³-hybridized carbons (Fsp3) is 0.824. The molecule has 1 aliphatic heterocycles. The summed E-state index contributed by atoms with van der Waals surface area (Å²) in [6.07, 6.45) is 1.83. The molecule has 15 nitrogen and oxygen atoms in total. The van der Waals surface area contributed by atoms with Crippen molar-refractivity contribution < 1.29 is 53.6 Å². The smallest absolute Gasteiger partial charge is 0.242 e. The molecular formula is C34H60N4O11. The van der Waals surface area contributed by atoms with Crippen molar-refractivity contribution in [3.05, 3.63) is 0 Å². The van der Waals surface area contributed by atoms with Gasteiger partial charge in [0.05, 0.1) is 12.7 Å². The van der Waals surface area contributed by atoms with Gasteiger partial charge in [-0.15, -0.1) is 0 Å². The molecule has 0 radical (unpaired) electrons. The number of nitrogens with one attached hydrogen (secondary N) is 4. The monoisotopic (exact) mass is 700 g/mol. The van der Waals surface area contributed by atoms with E-state index in [0.717, 1.165) is 19.3 Å². The summed E-state index contributed by atoms with van der Waals surface area (Å²) in [5, 5.41) is 40.8. The number of carbonyl (C=O) groups is 6. The van der Waals surface area contributed by atoms with Crippen molar-refractivity contribution >= 4 is 35.2 Å². The van der Waals surface area contributed by atoms with Crippen LogP contribution in [0.15, 0.2) is 0 Å². The predicted molar refractivity (Wildman–Crippen MR) is 180 cm³/mol. The van der Waals surface area contributed by atoms with Crippen molar-refractivity contribution in [3.8, 4) is 0 Å². The number of hydrogen-bond donors (Lipinski definition) is 7. The Kier molecular flexibility index (Phi) is 23.3. The molecule has 15 heteroatoms. The summed E-state index contributed by atoms with van der Waals surface area (Å²) in [5.41, 5.74) is 0. The van der Waals surface area contributed by atoms with Crippen LogP contribution in [0, 0.1) is 0 Å². The lowest BCUT2D eigenvalue weighted by atomic mass is 10.0. The summed E-state index contributed by atoms with van der Waals surface area (Å²) < 4.78 is 10.7. The van der Waals surface area contributed by atoms with Crippen LogP contribution in [0.3, 0.4) is 0 Å². The summed E-state index contributed by atoms with van der Waals surface area (Å²) in [5.74, 6) is -0.682. The van der Waals surface area contributed by atoms with E-state index in [9.17, 15) is 44.1 Å². The van der Waals surface area contributed by atoms with Crippen LogP contribution in [0.1, 0.15) is 117 Å². The summed E-state index contributed by atoms with van der Waals surface area (Å²) in [7, 11) is 0. The average molecular weight is 701 g/mol. The number of ketones is 2. The molecular weight excluding hydrogens is 640 g/mol. The van der Waals surface area contributed by atoms with E-state index >= 15 is 0 Å². The van der Waals surface area contributed by atoms with Gasteiger partial charge in [-0.1, -0.05) is 6.42 Å². The minimum Gasteiger partial charge on any atom is -0.388 e. The molecule has 1 heterocycles. The Morgan fingerprint density at radius 1 is 0.612 bits per heavy atom. The van der Waals surface area contributed by atoms with Gasteiger partial charge in [0.15, 0.2) is 6.29 Å². The molecule has 4 amide bonds. The van der Waals surface area contributed by atoms with Crippen LogP contribution in [0.5, 0.6) is 0 Å². The first-order valence-electron chi connectivity index (χ1n) is 17.7. The van der Waals surface area contributed by atoms with Crippen LogP contribution >= 0.6 is 0 Å². The summed E-state index contributed by atoms with van der Waals surface area (Å²) >= 11 is 0. The number of Topliss-reactive ketones (excluding diaryl/α,β-unsaturated/α-hetero) is 2. The minimum atomic E-state index is -1.42. The molecule has 1 saturated heterocycles. The molecule has 7 N–H and O–H groups in total. The van der Waals surface area contributed by atoms with E-state index in [-0.39, 0.29) is 61.2 Å². The third kappa shape index (κ3) is 21.0. The zero-order chi connectivity index (χ0) is 36.6. The van der Waals surface area contributed by atoms with Crippen molar-refractivity contribution in [2.45, 2.75) is 154 Å². The standard InChI is InChI=1S/C34H60N4O11/c1-23(39)13-5-4-11-20-37-33(47)26(15-10-12-19-35-27(41)16-7-6-14-24(2)40)38-29(43)18-9-8-17-28(42)36-21-22-48-34-32(46)31(45)30(44)25(3)49-34/h25-26,30-32,34,44-46H,4-22H2,1-3H3,(H,35,41)(H,36,42)(H,37,47)(H,38,43)/t25-,26-,30+,31+,32-,34+/m0/s1. The van der Waals surface area contributed by atoms with Crippen molar-refractivity contribution in [1.82, 2.24) is 21.3 Å². The molecule has 0 spiro atoms. The first kappa shape index (κ1) is 44.0. The fourth-order valence-corrected chi connectivity index (χ4v) is 5.17. The lowest BCUT2D eigenvalue weighted by molar-refractivity contribution is -0.292. The molecule has 49 heavy (non-hydrogen) atoms. The van der Waals surface area contributed by atoms with Gasteiger partial charge >= 0.3 is 0 Å². The SMILES string of the molecule is CC(=O)CCCCCNC(=O)[C@H](CCCCNC(=O)CCCCC(C)=O)NC(=O)CCCCC(=O)NCCO[C@@H]1O[C@@H](C)[C@@H](O)[C@@H](O)[C@@H]1O. The van der Waals surface area contributed by atoms with Crippen LogP contribution in [0.4, 0.5) is 0 Å². The van der Waals surface area contributed by atoms with E-state index in [1.807, 2.05) is 0 Å². The molecule has 1 aliphatic rings. The molecule has 282 valence electrons. The van der Waals surface area contributed by atoms with Gasteiger partial charge < -0.3 is 55.6 Å². The Bertz CT molecular complexity index is 1030. The van der Waals surface area contributed by atoms with Gasteiger partial charge in [-0.05, 0) is 78.6 Å². The van der Waals surface area contributed by atoms with Crippen LogP contribution in [0.25, 0.3) is 0 Å². The van der Waals surface area contributed by atoms with E-state index in [2.05, 4.69) is 21.3 Å². The molecule has 0 aromatic carbocycles. The number of rotatable bonds is 27. The highest BCUT2D eigenvalue weighted by molar-refractivity contribution is 5.87. The van der Waals surface area contributed by atoms with Gasteiger partial charge in [0.25, 0.3) is 0 Å². The van der Waals surface area contributed by atoms with Gasteiger partial charge in [0, 0.05) is 51.7 Å². The van der Waals surface area contributed by atoms with E-state index in [4.69, 9.17) is 9.47 Å². The van der Waals surface area contributed by atoms with Crippen LogP contribution in [0.2, 0.25) is 0 Å². The summed E-state index contributed by atoms with van der Waals surface area (Å²) in [6.45, 7) is 5.65. The van der Waals surface area contributed by atoms with E-state index in [1.54, 1.807) is 13.8 Å². The summed E-state index contributed by atoms with van der Waals surface area (Å²) in [6, 6.07) is -0.741. The number of unbranched alkanes of at least 4 members (excludes halogenated alkanes) is 5. The maximum absolute atomic E-state index is 12.9. The van der Waals surface area contributed by atoms with Crippen LogP contribution in [-0.2, 0) is 38.2 Å². The second kappa shape index (κ2) is 25.9. The van der Waals surface area contributed by atoms with Gasteiger partial charge in [0.2, 0.25) is 23.6 Å². The van der Waals surface area contributed by atoms with Gasteiger partial charge in [-0.25, -0.2) is 0 Å². The van der Waals surface area contributed by atoms with E-state index < -0.39 is 36.7 Å². The van der Waals surface area contributed by atoms with E-state index in [1.165, 1.54) is 6.92 Å². The molecule has 0 unspecified atom stereocenters. The number of carbonyl (C=O) groups excluding carboxylic acids is 6. The molecule has 1 rings (SSSR count). The molecule has 0 aliphatic carbocycles. The predicted octanol–water partition coefficient (Wildman–Crippen LogP) is 0.693. The highest BCUT2D eigenvalue weighted by atomic mass is 16.7. The minimum absolute atomic E-state index is 0.0157. The number of aliphatic hydroxyl groups is 3. The Labute approximate surface area is 290 Å². The zero-order valence-corrected chi connectivity index (χ0v) is 29.5. The quantitative estimate of drug-likeness (QED) is 0.0590. The highest BCUT2D eigenvalue weighted by Gasteiger charge is 2.42. The summed E-state index contributed by atoms with van der Waals surface area (Å²) in [4.78, 5) is 71.9. The Balaban J connectivity index is 2.37. The Morgan fingerprint density at radius 3 is 1.73 bits per heavy atom. The topological polar surface area (TPSA) is 230 Å². The van der Waals surface area contributed by atoms with Gasteiger partial charge in [-0.3, -0.25) is 19.2 Å². The van der Waals surface area contributed by atoms with Crippen LogP contribution in [-0.4, -0.2) is 114 Å². The normalized spacial score (nSPS) is 21.0. The second-order valence-corrected chi connectivity index (χ2v) is 12.8. The Morgan fingerprint density at radius 2 is 1.12 bits per heavy atom. The largest absolute Gasteiger partial charge is 0.388 e. The first-order valence-corrected chi connectivity index (χ1v) is 17.7. The number of aliphatic hydroxyl groups excluding tert-OH is 3. The lowest BCUT2D eigenvalue weighted by Gasteiger charge is -2.38. The number of ether oxygens (including phenoxy) is 2. The average Bonchev–Trinajstić information content (AvgIpc) is 3.05. The molecule has 1 fully saturated rings. The zero-order valence-electron chi connectivity index (χ0n) is 29.5. The number of hydrogen-bond acceptors (Lipinski definition) is 11. The lowest BCUT2D eigenvalue weighted by Crippen LogP contribution is -2.57. The maximum atomic E-state index is 12.9. The number of amides is 4. The van der Waals surface area contributed by atoms with Crippen molar-refractivity contribution in [1.29, 1.82) is 0 Å². The van der Waals surface area contributed by atoms with Crippen molar-refractivity contribution in [3.63, 3.8) is 0 Å². The molecule has 0 aromatic heterocycles. The van der Waals surface area contributed by atoms with Gasteiger partial charge in [0.1, 0.15) is 35.9 Å². The van der Waals surface area contributed by atoms with E-state index in [0.29, 0.717) is 77.3 Å². The van der Waals surface area contributed by atoms with Crippen molar-refractivity contribution in [2.24, 2.45) is 0 Å². The fourth-order valence-electron chi connectivity index (χ4n) is 5.17. The first-order chi connectivity index (χ1) is 23.3. The highest BCUT2D eigenvalue weighted by Crippen LogP contribution is 2.21. The van der Waals surface area contributed by atoms with Crippen molar-refractivity contribution in [2.75, 3.05) is 26.2 Å². The molecule has 6 atom stereocenters. The van der Waals surface area contributed by atoms with Gasteiger partial charge in [-0.2, -0.15) is 0 Å². The third-order valence-corrected chi connectivity index (χ3v) is 8.15. The second-order valence-electron chi connectivity index (χ2n) is 12.8. The maximum Gasteiger partial charge on any atom is 0.242 e. The van der Waals surface area contributed by atoms with Crippen LogP contribution < -0.4 is 21.3 Å². The molecule has 0 saturated carbocycles.